The molecule has 0 saturated heterocycles. The van der Waals surface area contributed by atoms with Crippen LogP contribution in [0.5, 0.6) is 5.75 Å². The second-order valence-corrected chi connectivity index (χ2v) is 10.0. The van der Waals surface area contributed by atoms with Crippen LogP contribution >= 0.6 is 0 Å². The first kappa shape index (κ1) is 27.5. The Bertz CT molecular complexity index is 1490. The Labute approximate surface area is 227 Å². The van der Waals surface area contributed by atoms with Crippen LogP contribution in [0.2, 0.25) is 0 Å². The molecule has 0 aliphatic rings. The number of ketones is 1. The van der Waals surface area contributed by atoms with Crippen molar-refractivity contribution in [3.8, 4) is 5.75 Å². The predicted octanol–water partition coefficient (Wildman–Crippen LogP) is 4.72. The number of methoxy groups -OCH3 is 1. The second kappa shape index (κ2) is 11.5. The summed E-state index contributed by atoms with van der Waals surface area (Å²) in [5.41, 5.74) is 2.28. The standard InChI is InChI=1S/C30H33N5O4/c1-6-30(3,4)31-29(38)28(21-14-16-24(39-5)17-15-21)35(23-11-9-10-22(18-23)20(2)36)27(37)19-34-26-13-8-7-12-25(26)32-33-34/h7-18,28H,6,19H2,1-5H3,(H,31,38)/t28-/m1/s1. The van der Waals surface area contributed by atoms with Gasteiger partial charge in [-0.15, -0.1) is 5.10 Å². The van der Waals surface area contributed by atoms with Gasteiger partial charge in [0.2, 0.25) is 11.8 Å². The molecule has 4 rings (SSSR count). The van der Waals surface area contributed by atoms with Crippen LogP contribution < -0.4 is 15.0 Å². The molecule has 1 heterocycles. The van der Waals surface area contributed by atoms with Crippen molar-refractivity contribution in [1.82, 2.24) is 20.3 Å². The number of ether oxygens (including phenoxy) is 1. The molecular formula is C30H33N5O4. The summed E-state index contributed by atoms with van der Waals surface area (Å²) in [6.07, 6.45) is 0.687. The van der Waals surface area contributed by atoms with Crippen LogP contribution in [0.4, 0.5) is 5.69 Å². The average Bonchev–Trinajstić information content (AvgIpc) is 3.34. The second-order valence-electron chi connectivity index (χ2n) is 10.0. The van der Waals surface area contributed by atoms with Crippen LogP contribution in [0.3, 0.4) is 0 Å². The minimum absolute atomic E-state index is 0.149. The largest absolute Gasteiger partial charge is 0.497 e. The fourth-order valence-corrected chi connectivity index (χ4v) is 4.24. The monoisotopic (exact) mass is 527 g/mol. The lowest BCUT2D eigenvalue weighted by molar-refractivity contribution is -0.128. The van der Waals surface area contributed by atoms with Gasteiger partial charge in [-0.2, -0.15) is 0 Å². The molecule has 9 nitrogen and oxygen atoms in total. The highest BCUT2D eigenvalue weighted by Crippen LogP contribution is 2.31. The molecule has 0 radical (unpaired) electrons. The molecule has 3 aromatic carbocycles. The first-order chi connectivity index (χ1) is 18.6. The normalized spacial score (nSPS) is 12.1. The van der Waals surface area contributed by atoms with E-state index in [0.29, 0.717) is 40.0 Å². The number of para-hydroxylation sites is 1. The fourth-order valence-electron chi connectivity index (χ4n) is 4.24. The third kappa shape index (κ3) is 6.14. The Balaban J connectivity index is 1.86. The van der Waals surface area contributed by atoms with E-state index in [9.17, 15) is 14.4 Å². The van der Waals surface area contributed by atoms with Crippen LogP contribution in [0.15, 0.2) is 72.8 Å². The maximum atomic E-state index is 14.2. The molecule has 0 bridgehead atoms. The highest BCUT2D eigenvalue weighted by atomic mass is 16.5. The maximum absolute atomic E-state index is 14.2. The third-order valence-corrected chi connectivity index (χ3v) is 6.79. The molecule has 0 saturated carbocycles. The number of Topliss-reactive ketones (excluding diaryl/α,β-unsaturated/α-hetero) is 1. The molecule has 0 aliphatic carbocycles. The Morgan fingerprint density at radius 1 is 1.03 bits per heavy atom. The van der Waals surface area contributed by atoms with Crippen LogP contribution in [0.1, 0.15) is 56.1 Å². The van der Waals surface area contributed by atoms with Crippen molar-refractivity contribution in [2.45, 2.75) is 52.2 Å². The van der Waals surface area contributed by atoms with Crippen LogP contribution in [0.25, 0.3) is 11.0 Å². The predicted molar refractivity (Wildman–Crippen MR) is 150 cm³/mol. The van der Waals surface area contributed by atoms with Gasteiger partial charge in [0.25, 0.3) is 0 Å². The molecule has 1 N–H and O–H groups in total. The Hall–Kier alpha value is -4.53. The quantitative estimate of drug-likeness (QED) is 0.299. The number of hydrogen-bond donors (Lipinski definition) is 1. The van der Waals surface area contributed by atoms with Crippen LogP contribution in [-0.4, -0.2) is 45.2 Å². The van der Waals surface area contributed by atoms with Crippen molar-refractivity contribution in [3.05, 3.63) is 83.9 Å². The van der Waals surface area contributed by atoms with E-state index in [-0.39, 0.29) is 18.2 Å². The molecule has 0 unspecified atom stereocenters. The molecule has 9 heteroatoms. The first-order valence-corrected chi connectivity index (χ1v) is 12.8. The summed E-state index contributed by atoms with van der Waals surface area (Å²) in [7, 11) is 1.56. The topological polar surface area (TPSA) is 106 Å². The van der Waals surface area contributed by atoms with Crippen molar-refractivity contribution >= 4 is 34.3 Å². The van der Waals surface area contributed by atoms with Crippen molar-refractivity contribution in [2.24, 2.45) is 0 Å². The zero-order valence-corrected chi connectivity index (χ0v) is 22.8. The summed E-state index contributed by atoms with van der Waals surface area (Å²) in [4.78, 5) is 41.8. The molecule has 1 aromatic heterocycles. The number of aromatic nitrogens is 3. The minimum Gasteiger partial charge on any atom is -0.497 e. The van der Waals surface area contributed by atoms with Crippen LogP contribution in [0, 0.1) is 0 Å². The SMILES string of the molecule is CCC(C)(C)NC(=O)[C@@H](c1ccc(OC)cc1)N(C(=O)Cn1nnc2ccccc21)c1cccc(C(C)=O)c1. The van der Waals surface area contributed by atoms with E-state index in [1.54, 1.807) is 55.6 Å². The minimum atomic E-state index is -1.04. The fraction of sp³-hybridized carbons (Fsp3) is 0.300. The molecule has 0 spiro atoms. The van der Waals surface area contributed by atoms with Gasteiger partial charge >= 0.3 is 0 Å². The highest BCUT2D eigenvalue weighted by molar-refractivity contribution is 6.03. The number of nitrogens with zero attached hydrogens (tertiary/aromatic N) is 4. The summed E-state index contributed by atoms with van der Waals surface area (Å²) in [5.74, 6) is -0.268. The number of benzene rings is 3. The van der Waals surface area contributed by atoms with Crippen molar-refractivity contribution < 1.29 is 19.1 Å². The first-order valence-electron chi connectivity index (χ1n) is 12.8. The van der Waals surface area contributed by atoms with Gasteiger partial charge in [-0.25, -0.2) is 4.68 Å². The van der Waals surface area contributed by atoms with Gasteiger partial charge in [0.1, 0.15) is 23.9 Å². The lowest BCUT2D eigenvalue weighted by Crippen LogP contribution is -2.51. The van der Waals surface area contributed by atoms with Gasteiger partial charge in [-0.3, -0.25) is 19.3 Å². The van der Waals surface area contributed by atoms with Gasteiger partial charge < -0.3 is 10.1 Å². The number of amides is 2. The third-order valence-electron chi connectivity index (χ3n) is 6.79. The van der Waals surface area contributed by atoms with E-state index in [1.807, 2.05) is 45.0 Å². The number of carbonyl (C=O) groups is 3. The molecule has 4 aromatic rings. The van der Waals surface area contributed by atoms with E-state index in [4.69, 9.17) is 4.74 Å². The van der Waals surface area contributed by atoms with Gasteiger partial charge in [0, 0.05) is 16.8 Å². The van der Waals surface area contributed by atoms with Gasteiger partial charge in [-0.1, -0.05) is 48.5 Å². The summed E-state index contributed by atoms with van der Waals surface area (Å²) in [5, 5.41) is 11.4. The lowest BCUT2D eigenvalue weighted by atomic mass is 9.97. The van der Waals surface area contributed by atoms with Crippen LogP contribution in [-0.2, 0) is 16.1 Å². The summed E-state index contributed by atoms with van der Waals surface area (Å²) >= 11 is 0. The van der Waals surface area contributed by atoms with Gasteiger partial charge in [-0.05, 0) is 69.2 Å². The van der Waals surface area contributed by atoms with E-state index >= 15 is 0 Å². The number of anilines is 1. The van der Waals surface area contributed by atoms with Crippen molar-refractivity contribution in [2.75, 3.05) is 12.0 Å². The van der Waals surface area contributed by atoms with E-state index in [1.165, 1.54) is 16.5 Å². The van der Waals surface area contributed by atoms with E-state index in [2.05, 4.69) is 15.6 Å². The number of carbonyl (C=O) groups excluding carboxylic acids is 3. The molecule has 39 heavy (non-hydrogen) atoms. The smallest absolute Gasteiger partial charge is 0.249 e. The number of rotatable bonds is 10. The Morgan fingerprint density at radius 3 is 2.41 bits per heavy atom. The van der Waals surface area contributed by atoms with Crippen molar-refractivity contribution in [1.29, 1.82) is 0 Å². The molecule has 0 aliphatic heterocycles. The number of fused-ring (bicyclic) bond motifs is 1. The lowest BCUT2D eigenvalue weighted by Gasteiger charge is -2.35. The summed E-state index contributed by atoms with van der Waals surface area (Å²) < 4.78 is 6.83. The molecule has 1 atom stereocenters. The number of nitrogens with one attached hydrogen (secondary N) is 1. The van der Waals surface area contributed by atoms with E-state index in [0.717, 1.165) is 0 Å². The summed E-state index contributed by atoms with van der Waals surface area (Å²) in [6.45, 7) is 7.14. The van der Waals surface area contributed by atoms with Crippen molar-refractivity contribution in [3.63, 3.8) is 0 Å². The molecule has 2 amide bonds. The van der Waals surface area contributed by atoms with E-state index < -0.39 is 17.5 Å². The molecule has 202 valence electrons. The molecular weight excluding hydrogens is 494 g/mol. The van der Waals surface area contributed by atoms with Gasteiger partial charge in [0.15, 0.2) is 5.78 Å². The highest BCUT2D eigenvalue weighted by Gasteiger charge is 2.35. The summed E-state index contributed by atoms with van der Waals surface area (Å²) in [6, 6.07) is 20.1. The zero-order chi connectivity index (χ0) is 28.2. The average molecular weight is 528 g/mol. The molecule has 0 fully saturated rings. The Kier molecular flexibility index (Phi) is 8.09. The Morgan fingerprint density at radius 2 is 1.74 bits per heavy atom. The maximum Gasteiger partial charge on any atom is 0.249 e. The number of hydrogen-bond acceptors (Lipinski definition) is 6. The zero-order valence-electron chi connectivity index (χ0n) is 22.8. The van der Waals surface area contributed by atoms with Gasteiger partial charge in [0.05, 0.1) is 12.6 Å².